The standard InChI is InChI=1S/C22H20F4N4O2/c1-10(2)30-19(14-5-11-9-27-20(31)13(11)8-15(14)24)28-29-21(30)22(3,4)32-18-16(25)6-12(23)7-17(18)26/h5-8,10H,9H2,1-4H3,(H,27,31). The van der Waals surface area contributed by atoms with Crippen molar-refractivity contribution in [2.24, 2.45) is 0 Å². The predicted molar refractivity (Wildman–Crippen MR) is 107 cm³/mol. The molecule has 0 aliphatic carbocycles. The van der Waals surface area contributed by atoms with Gasteiger partial charge < -0.3 is 14.6 Å². The predicted octanol–water partition coefficient (Wildman–Crippen LogP) is 4.64. The summed E-state index contributed by atoms with van der Waals surface area (Å²) in [6, 6.07) is 3.43. The highest BCUT2D eigenvalue weighted by Crippen LogP contribution is 2.35. The molecule has 0 bridgehead atoms. The Balaban J connectivity index is 1.80. The number of rotatable bonds is 5. The quantitative estimate of drug-likeness (QED) is 0.578. The van der Waals surface area contributed by atoms with E-state index in [-0.39, 0.29) is 41.3 Å². The fraction of sp³-hybridized carbons (Fsp3) is 0.318. The van der Waals surface area contributed by atoms with E-state index in [2.05, 4.69) is 15.5 Å². The van der Waals surface area contributed by atoms with Crippen LogP contribution in [0, 0.1) is 23.3 Å². The summed E-state index contributed by atoms with van der Waals surface area (Å²) in [7, 11) is 0. The Morgan fingerprint density at radius 3 is 2.28 bits per heavy atom. The van der Waals surface area contributed by atoms with Crippen molar-refractivity contribution in [3.63, 3.8) is 0 Å². The van der Waals surface area contributed by atoms with Gasteiger partial charge in [0.05, 0.1) is 5.56 Å². The van der Waals surface area contributed by atoms with Gasteiger partial charge in [-0.3, -0.25) is 4.79 Å². The van der Waals surface area contributed by atoms with Gasteiger partial charge in [0.1, 0.15) is 11.6 Å². The molecule has 32 heavy (non-hydrogen) atoms. The van der Waals surface area contributed by atoms with Crippen LogP contribution in [0.3, 0.4) is 0 Å². The Morgan fingerprint density at radius 2 is 1.66 bits per heavy atom. The summed E-state index contributed by atoms with van der Waals surface area (Å²) >= 11 is 0. The summed E-state index contributed by atoms with van der Waals surface area (Å²) in [5.41, 5.74) is -0.410. The highest BCUT2D eigenvalue weighted by atomic mass is 19.1. The van der Waals surface area contributed by atoms with Gasteiger partial charge in [0.25, 0.3) is 5.91 Å². The van der Waals surface area contributed by atoms with E-state index in [9.17, 15) is 22.4 Å². The van der Waals surface area contributed by atoms with Crippen LogP contribution in [-0.4, -0.2) is 20.7 Å². The minimum absolute atomic E-state index is 0.127. The molecule has 0 atom stereocenters. The second kappa shape index (κ2) is 7.61. The first-order valence-electron chi connectivity index (χ1n) is 9.89. The molecule has 1 N–H and O–H groups in total. The van der Waals surface area contributed by atoms with E-state index in [1.54, 1.807) is 4.57 Å². The van der Waals surface area contributed by atoms with Gasteiger partial charge in [0.2, 0.25) is 0 Å². The summed E-state index contributed by atoms with van der Waals surface area (Å²) in [4.78, 5) is 11.8. The number of ether oxygens (including phenoxy) is 1. The minimum Gasteiger partial charge on any atom is -0.474 e. The van der Waals surface area contributed by atoms with Crippen LogP contribution < -0.4 is 10.1 Å². The molecule has 0 spiro atoms. The molecule has 2 heterocycles. The summed E-state index contributed by atoms with van der Waals surface area (Å²) in [6.45, 7) is 6.92. The van der Waals surface area contributed by atoms with Gasteiger partial charge >= 0.3 is 0 Å². The maximum Gasteiger partial charge on any atom is 0.252 e. The Labute approximate surface area is 181 Å². The number of nitrogens with zero attached hydrogens (tertiary/aromatic N) is 3. The first-order chi connectivity index (χ1) is 15.0. The lowest BCUT2D eigenvalue weighted by Gasteiger charge is -2.28. The van der Waals surface area contributed by atoms with Gasteiger partial charge in [-0.05, 0) is 45.4 Å². The molecule has 1 aromatic heterocycles. The van der Waals surface area contributed by atoms with Gasteiger partial charge in [0, 0.05) is 30.3 Å². The molecule has 168 valence electrons. The van der Waals surface area contributed by atoms with Gasteiger partial charge in [0.15, 0.2) is 34.6 Å². The maximum atomic E-state index is 14.9. The molecule has 0 fully saturated rings. The van der Waals surface area contributed by atoms with Crippen molar-refractivity contribution >= 4 is 5.91 Å². The van der Waals surface area contributed by atoms with Crippen molar-refractivity contribution in [1.82, 2.24) is 20.1 Å². The third-order valence-electron chi connectivity index (χ3n) is 5.19. The second-order valence-corrected chi connectivity index (χ2v) is 8.29. The SMILES string of the molecule is CC(C)n1c(-c2cc3c(cc2F)C(=O)NC3)nnc1C(C)(C)Oc1c(F)cc(F)cc1F. The molecule has 10 heteroatoms. The summed E-state index contributed by atoms with van der Waals surface area (Å²) in [5, 5.41) is 10.9. The van der Waals surface area contributed by atoms with E-state index in [1.165, 1.54) is 19.9 Å². The van der Waals surface area contributed by atoms with Crippen LogP contribution in [0.15, 0.2) is 24.3 Å². The number of hydrogen-bond acceptors (Lipinski definition) is 4. The van der Waals surface area contributed by atoms with Crippen LogP contribution in [0.5, 0.6) is 5.75 Å². The first-order valence-corrected chi connectivity index (χ1v) is 9.89. The largest absolute Gasteiger partial charge is 0.474 e. The number of amides is 1. The van der Waals surface area contributed by atoms with Gasteiger partial charge in [-0.2, -0.15) is 0 Å². The Bertz CT molecular complexity index is 1210. The van der Waals surface area contributed by atoms with E-state index >= 15 is 0 Å². The summed E-state index contributed by atoms with van der Waals surface area (Å²) in [5.74, 6) is -4.89. The number of aromatic nitrogens is 3. The zero-order chi connectivity index (χ0) is 23.4. The molecular formula is C22H20F4N4O2. The summed E-state index contributed by atoms with van der Waals surface area (Å²) < 4.78 is 63.7. The van der Waals surface area contributed by atoms with E-state index in [1.807, 2.05) is 13.8 Å². The summed E-state index contributed by atoms with van der Waals surface area (Å²) in [6.07, 6.45) is 0. The normalized spacial score (nSPS) is 13.5. The first kappa shape index (κ1) is 21.8. The van der Waals surface area contributed by atoms with Crippen LogP contribution in [0.1, 0.15) is 55.5 Å². The van der Waals surface area contributed by atoms with Gasteiger partial charge in [-0.15, -0.1) is 10.2 Å². The molecule has 0 unspecified atom stereocenters. The number of halogens is 4. The molecule has 1 amide bonds. The molecule has 0 radical (unpaired) electrons. The van der Waals surface area contributed by atoms with Crippen LogP contribution in [0.25, 0.3) is 11.4 Å². The third-order valence-corrected chi connectivity index (χ3v) is 5.19. The number of hydrogen-bond donors (Lipinski definition) is 1. The van der Waals surface area contributed by atoms with Gasteiger partial charge in [-0.1, -0.05) is 0 Å². The fourth-order valence-corrected chi connectivity index (χ4v) is 3.72. The molecule has 1 aliphatic rings. The van der Waals surface area contributed by atoms with Crippen molar-refractivity contribution in [2.75, 3.05) is 0 Å². The fourth-order valence-electron chi connectivity index (χ4n) is 3.72. The van der Waals surface area contributed by atoms with E-state index in [0.29, 0.717) is 17.7 Å². The molecule has 0 saturated carbocycles. The topological polar surface area (TPSA) is 69.0 Å². The lowest BCUT2D eigenvalue weighted by atomic mass is 10.0. The van der Waals surface area contributed by atoms with E-state index < -0.39 is 34.6 Å². The van der Waals surface area contributed by atoms with Gasteiger partial charge in [-0.25, -0.2) is 17.6 Å². The Kier molecular flexibility index (Phi) is 5.18. The smallest absolute Gasteiger partial charge is 0.252 e. The van der Waals surface area contributed by atoms with Crippen LogP contribution >= 0.6 is 0 Å². The minimum atomic E-state index is -1.42. The van der Waals surface area contributed by atoms with Crippen molar-refractivity contribution in [3.8, 4) is 17.1 Å². The zero-order valence-electron chi connectivity index (χ0n) is 17.8. The number of fused-ring (bicyclic) bond motifs is 1. The molecule has 6 nitrogen and oxygen atoms in total. The average Bonchev–Trinajstić information content (AvgIpc) is 3.29. The third kappa shape index (κ3) is 3.59. The molecular weight excluding hydrogens is 428 g/mol. The van der Waals surface area contributed by atoms with Crippen LogP contribution in [-0.2, 0) is 12.1 Å². The zero-order valence-corrected chi connectivity index (χ0v) is 17.8. The van der Waals surface area contributed by atoms with Crippen molar-refractivity contribution < 1.29 is 27.1 Å². The Hall–Kier alpha value is -3.43. The number of benzene rings is 2. The highest BCUT2D eigenvalue weighted by Gasteiger charge is 2.35. The van der Waals surface area contributed by atoms with E-state index in [0.717, 1.165) is 6.07 Å². The van der Waals surface area contributed by atoms with Crippen molar-refractivity contribution in [1.29, 1.82) is 0 Å². The molecule has 4 rings (SSSR count). The lowest BCUT2D eigenvalue weighted by molar-refractivity contribution is 0.0811. The number of nitrogens with one attached hydrogen (secondary N) is 1. The highest BCUT2D eigenvalue weighted by molar-refractivity contribution is 5.98. The monoisotopic (exact) mass is 448 g/mol. The van der Waals surface area contributed by atoms with Crippen LogP contribution in [0.4, 0.5) is 17.6 Å². The molecule has 0 saturated heterocycles. The van der Waals surface area contributed by atoms with Crippen molar-refractivity contribution in [2.45, 2.75) is 45.9 Å². The number of carbonyl (C=O) groups is 1. The number of carbonyl (C=O) groups excluding carboxylic acids is 1. The van der Waals surface area contributed by atoms with Crippen LogP contribution in [0.2, 0.25) is 0 Å². The molecule has 1 aliphatic heterocycles. The average molecular weight is 448 g/mol. The molecule has 2 aromatic carbocycles. The second-order valence-electron chi connectivity index (χ2n) is 8.29. The van der Waals surface area contributed by atoms with Crippen molar-refractivity contribution in [3.05, 3.63) is 64.5 Å². The maximum absolute atomic E-state index is 14.9. The van der Waals surface area contributed by atoms with E-state index in [4.69, 9.17) is 4.74 Å². The lowest BCUT2D eigenvalue weighted by Crippen LogP contribution is -2.31. The Morgan fingerprint density at radius 1 is 1.00 bits per heavy atom. The molecule has 3 aromatic rings.